The lowest BCUT2D eigenvalue weighted by atomic mass is 9.99. The first-order valence-corrected chi connectivity index (χ1v) is 4.49. The van der Waals surface area contributed by atoms with Crippen LogP contribution in [-0.4, -0.2) is 17.4 Å². The summed E-state index contributed by atoms with van der Waals surface area (Å²) in [6.45, 7) is 1.70. The second kappa shape index (κ2) is 4.89. The van der Waals surface area contributed by atoms with Gasteiger partial charge in [0, 0.05) is 11.6 Å². The third-order valence-electron chi connectivity index (χ3n) is 2.07. The number of carboxylic acids is 1. The molecule has 80 valence electrons. The molecule has 0 radical (unpaired) electrons. The van der Waals surface area contributed by atoms with Crippen LogP contribution < -0.4 is 0 Å². The number of hydrogen-bond acceptors (Lipinski definition) is 3. The molecule has 0 saturated heterocycles. The Bertz CT molecular complexity index is 510. The number of carbonyl (C=O) groups is 2. The monoisotopic (exact) mass is 215 g/mol. The topological polar surface area (TPSA) is 78.2 Å². The number of nitriles is 1. The van der Waals surface area contributed by atoms with Gasteiger partial charge in [0.05, 0.1) is 11.6 Å². The SMILES string of the molecule is Cc1cc(C#N)cc(/C=C/C(=O)O)c1C=O. The Hall–Kier alpha value is -2.41. The molecule has 0 heterocycles. The molecule has 16 heavy (non-hydrogen) atoms. The van der Waals surface area contributed by atoms with Crippen molar-refractivity contribution in [2.24, 2.45) is 0 Å². The minimum absolute atomic E-state index is 0.396. The Labute approximate surface area is 92.4 Å². The predicted molar refractivity (Wildman–Crippen MR) is 58.0 cm³/mol. The van der Waals surface area contributed by atoms with Crippen LogP contribution in [0.4, 0.5) is 0 Å². The molecule has 0 amide bonds. The van der Waals surface area contributed by atoms with Crippen molar-refractivity contribution in [3.05, 3.63) is 40.5 Å². The second-order valence-corrected chi connectivity index (χ2v) is 3.20. The van der Waals surface area contributed by atoms with Crippen molar-refractivity contribution in [1.82, 2.24) is 0 Å². The van der Waals surface area contributed by atoms with Crippen molar-refractivity contribution in [2.75, 3.05) is 0 Å². The van der Waals surface area contributed by atoms with E-state index < -0.39 is 5.97 Å². The minimum atomic E-state index is -1.10. The zero-order chi connectivity index (χ0) is 12.1. The van der Waals surface area contributed by atoms with Crippen molar-refractivity contribution in [1.29, 1.82) is 5.26 Å². The van der Waals surface area contributed by atoms with E-state index in [1.165, 1.54) is 12.1 Å². The molecule has 0 bridgehead atoms. The van der Waals surface area contributed by atoms with Gasteiger partial charge in [-0.15, -0.1) is 0 Å². The number of aldehydes is 1. The van der Waals surface area contributed by atoms with Gasteiger partial charge in [0.25, 0.3) is 0 Å². The van der Waals surface area contributed by atoms with Gasteiger partial charge < -0.3 is 5.11 Å². The maximum Gasteiger partial charge on any atom is 0.328 e. The van der Waals surface area contributed by atoms with Crippen LogP contribution in [0, 0.1) is 18.3 Å². The van der Waals surface area contributed by atoms with E-state index in [0.29, 0.717) is 28.5 Å². The van der Waals surface area contributed by atoms with E-state index in [4.69, 9.17) is 10.4 Å². The van der Waals surface area contributed by atoms with E-state index in [0.717, 1.165) is 6.08 Å². The first-order chi connectivity index (χ1) is 7.58. The van der Waals surface area contributed by atoms with Crippen molar-refractivity contribution in [3.8, 4) is 6.07 Å². The molecule has 1 rings (SSSR count). The van der Waals surface area contributed by atoms with Crippen molar-refractivity contribution < 1.29 is 14.7 Å². The first-order valence-electron chi connectivity index (χ1n) is 4.49. The molecule has 0 aliphatic heterocycles. The highest BCUT2D eigenvalue weighted by Crippen LogP contribution is 2.16. The van der Waals surface area contributed by atoms with Gasteiger partial charge in [-0.2, -0.15) is 5.26 Å². The molecule has 0 saturated carbocycles. The van der Waals surface area contributed by atoms with E-state index in [2.05, 4.69) is 0 Å². The third-order valence-corrected chi connectivity index (χ3v) is 2.07. The fourth-order valence-electron chi connectivity index (χ4n) is 1.35. The van der Waals surface area contributed by atoms with Gasteiger partial charge in [-0.05, 0) is 36.3 Å². The molecule has 0 aliphatic rings. The molecule has 0 aliphatic carbocycles. The molecule has 0 atom stereocenters. The molecular weight excluding hydrogens is 206 g/mol. The number of hydrogen-bond donors (Lipinski definition) is 1. The smallest absolute Gasteiger partial charge is 0.328 e. The van der Waals surface area contributed by atoms with Crippen LogP contribution in [0.25, 0.3) is 6.08 Å². The lowest BCUT2D eigenvalue weighted by Crippen LogP contribution is -1.94. The highest BCUT2D eigenvalue weighted by Gasteiger charge is 2.05. The summed E-state index contributed by atoms with van der Waals surface area (Å²) in [4.78, 5) is 21.2. The Morgan fingerprint density at radius 1 is 1.50 bits per heavy atom. The molecule has 1 aromatic rings. The van der Waals surface area contributed by atoms with Crippen LogP contribution in [-0.2, 0) is 4.79 Å². The Kier molecular flexibility index (Phi) is 3.57. The highest BCUT2D eigenvalue weighted by atomic mass is 16.4. The quantitative estimate of drug-likeness (QED) is 0.615. The predicted octanol–water partition coefficient (Wildman–Crippen LogP) is 1.78. The molecule has 1 N–H and O–H groups in total. The van der Waals surface area contributed by atoms with Crippen LogP contribution in [0.5, 0.6) is 0 Å². The Morgan fingerprint density at radius 3 is 2.69 bits per heavy atom. The van der Waals surface area contributed by atoms with Gasteiger partial charge in [0.2, 0.25) is 0 Å². The number of nitrogens with zero attached hydrogens (tertiary/aromatic N) is 1. The zero-order valence-corrected chi connectivity index (χ0v) is 8.60. The average molecular weight is 215 g/mol. The Balaban J connectivity index is 3.35. The number of aryl methyl sites for hydroxylation is 1. The molecule has 1 aromatic carbocycles. The third kappa shape index (κ3) is 2.55. The van der Waals surface area contributed by atoms with Crippen LogP contribution >= 0.6 is 0 Å². The maximum absolute atomic E-state index is 10.8. The maximum atomic E-state index is 10.8. The van der Waals surface area contributed by atoms with E-state index in [1.807, 2.05) is 6.07 Å². The molecule has 0 aromatic heterocycles. The van der Waals surface area contributed by atoms with E-state index in [-0.39, 0.29) is 0 Å². The summed E-state index contributed by atoms with van der Waals surface area (Å²) >= 11 is 0. The van der Waals surface area contributed by atoms with Crippen LogP contribution in [0.15, 0.2) is 18.2 Å². The van der Waals surface area contributed by atoms with Gasteiger partial charge >= 0.3 is 5.97 Å². The molecular formula is C12H9NO3. The lowest BCUT2D eigenvalue weighted by Gasteiger charge is -2.03. The molecule has 4 nitrogen and oxygen atoms in total. The summed E-state index contributed by atoms with van der Waals surface area (Å²) in [5.41, 5.74) is 1.89. The first kappa shape index (κ1) is 11.7. The summed E-state index contributed by atoms with van der Waals surface area (Å²) in [6.07, 6.45) is 2.89. The van der Waals surface area contributed by atoms with Gasteiger partial charge in [-0.25, -0.2) is 4.79 Å². The fourth-order valence-corrected chi connectivity index (χ4v) is 1.35. The van der Waals surface area contributed by atoms with Gasteiger partial charge in [0.1, 0.15) is 0 Å². The van der Waals surface area contributed by atoms with Crippen LogP contribution in [0.1, 0.15) is 27.0 Å². The van der Waals surface area contributed by atoms with E-state index in [9.17, 15) is 9.59 Å². The van der Waals surface area contributed by atoms with Gasteiger partial charge in [-0.3, -0.25) is 4.79 Å². The average Bonchev–Trinajstić information content (AvgIpc) is 2.25. The van der Waals surface area contributed by atoms with Crippen molar-refractivity contribution in [3.63, 3.8) is 0 Å². The molecule has 0 spiro atoms. The summed E-state index contributed by atoms with van der Waals surface area (Å²) in [6, 6.07) is 5.02. The van der Waals surface area contributed by atoms with Gasteiger partial charge in [-0.1, -0.05) is 0 Å². The van der Waals surface area contributed by atoms with E-state index >= 15 is 0 Å². The molecule has 0 fully saturated rings. The highest BCUT2D eigenvalue weighted by molar-refractivity contribution is 5.90. The van der Waals surface area contributed by atoms with Crippen LogP contribution in [0.3, 0.4) is 0 Å². The fraction of sp³-hybridized carbons (Fsp3) is 0.0833. The summed E-state index contributed by atoms with van der Waals surface area (Å²) in [5, 5.41) is 17.2. The molecule has 4 heteroatoms. The Morgan fingerprint density at radius 2 is 2.19 bits per heavy atom. The number of carboxylic acid groups (broad SMARTS) is 1. The minimum Gasteiger partial charge on any atom is -0.478 e. The lowest BCUT2D eigenvalue weighted by molar-refractivity contribution is -0.131. The zero-order valence-electron chi connectivity index (χ0n) is 8.60. The number of carbonyl (C=O) groups excluding carboxylic acids is 1. The summed E-state index contributed by atoms with van der Waals surface area (Å²) in [7, 11) is 0. The standard InChI is InChI=1S/C12H9NO3/c1-8-4-9(6-13)5-10(11(8)7-14)2-3-12(15)16/h2-5,7H,1H3,(H,15,16)/b3-2+. The number of benzene rings is 1. The summed E-state index contributed by atoms with van der Waals surface area (Å²) < 4.78 is 0. The largest absolute Gasteiger partial charge is 0.478 e. The normalized spacial score (nSPS) is 10.0. The second-order valence-electron chi connectivity index (χ2n) is 3.20. The van der Waals surface area contributed by atoms with Crippen molar-refractivity contribution >= 4 is 18.3 Å². The molecule has 0 unspecified atom stereocenters. The van der Waals surface area contributed by atoms with Gasteiger partial charge in [0.15, 0.2) is 6.29 Å². The summed E-state index contributed by atoms with van der Waals surface area (Å²) in [5.74, 6) is -1.10. The number of aliphatic carboxylic acids is 1. The number of rotatable bonds is 3. The van der Waals surface area contributed by atoms with Crippen molar-refractivity contribution in [2.45, 2.75) is 6.92 Å². The van der Waals surface area contributed by atoms with Crippen LogP contribution in [0.2, 0.25) is 0 Å². The van der Waals surface area contributed by atoms with E-state index in [1.54, 1.807) is 13.0 Å².